The SMILES string of the molecule is Cc1cc(/C=C(/CC[C@H]2OC[C@H]3C2=C(CO[Si](c2ccccc2)(c2ccccc2)C(C)(C)C)C[C@H]2C(=O)N(CCCCCC(=O)O)C(=O)[C@H]23)c2ccccc2)cc(C)c1O. The molecule has 2 amide bonds. The Labute approximate surface area is 356 Å². The Kier molecular flexibility index (Phi) is 13.1. The molecule has 0 aromatic heterocycles. The number of ether oxygens (including phenoxy) is 1. The number of imide groups is 1. The van der Waals surface area contributed by atoms with E-state index in [-0.39, 0.29) is 35.3 Å². The summed E-state index contributed by atoms with van der Waals surface area (Å²) in [5.41, 5.74) is 7.11. The van der Waals surface area contributed by atoms with Gasteiger partial charge in [-0.1, -0.05) is 124 Å². The van der Waals surface area contributed by atoms with Crippen molar-refractivity contribution in [3.8, 4) is 5.75 Å². The van der Waals surface area contributed by atoms with Gasteiger partial charge in [0.25, 0.3) is 8.32 Å². The maximum atomic E-state index is 14.3. The van der Waals surface area contributed by atoms with E-state index in [2.05, 4.69) is 87.5 Å². The van der Waals surface area contributed by atoms with E-state index in [0.29, 0.717) is 64.0 Å². The summed E-state index contributed by atoms with van der Waals surface area (Å²) in [4.78, 5) is 41.1. The summed E-state index contributed by atoms with van der Waals surface area (Å²) in [5, 5.41) is 21.7. The topological polar surface area (TPSA) is 113 Å². The highest BCUT2D eigenvalue weighted by molar-refractivity contribution is 6.99. The Bertz CT molecular complexity index is 2180. The molecule has 2 saturated heterocycles. The molecule has 0 radical (unpaired) electrons. The number of carbonyl (C=O) groups excluding carboxylic acids is 2. The lowest BCUT2D eigenvalue weighted by Gasteiger charge is -2.44. The largest absolute Gasteiger partial charge is 0.507 e. The zero-order valence-corrected chi connectivity index (χ0v) is 36.7. The number of aromatic hydroxyl groups is 1. The minimum atomic E-state index is -2.95. The molecule has 3 aliphatic rings. The van der Waals surface area contributed by atoms with Gasteiger partial charge in [0, 0.05) is 18.9 Å². The number of unbranched alkanes of at least 4 members (excludes halogenated alkanes) is 2. The molecule has 4 atom stereocenters. The lowest BCUT2D eigenvalue weighted by Crippen LogP contribution is -2.66. The molecule has 0 unspecified atom stereocenters. The molecule has 4 aromatic rings. The number of amides is 2. The summed E-state index contributed by atoms with van der Waals surface area (Å²) in [6, 6.07) is 35.5. The number of aryl methyl sites for hydroxylation is 2. The van der Waals surface area contributed by atoms with Crippen molar-refractivity contribution >= 4 is 48.1 Å². The molecule has 8 nitrogen and oxygen atoms in total. The maximum Gasteiger partial charge on any atom is 0.303 e. The summed E-state index contributed by atoms with van der Waals surface area (Å²) >= 11 is 0. The van der Waals surface area contributed by atoms with E-state index < -0.39 is 26.1 Å². The lowest BCUT2D eigenvalue weighted by atomic mass is 9.69. The van der Waals surface area contributed by atoms with Crippen LogP contribution in [0.25, 0.3) is 11.6 Å². The highest BCUT2D eigenvalue weighted by atomic mass is 28.4. The Hall–Kier alpha value is -5.09. The second kappa shape index (κ2) is 18.3. The van der Waals surface area contributed by atoms with Crippen LogP contribution in [0.5, 0.6) is 5.75 Å². The highest BCUT2D eigenvalue weighted by Gasteiger charge is 2.57. The number of aliphatic carboxylic acids is 1. The average molecular weight is 826 g/mol. The molecule has 0 saturated carbocycles. The van der Waals surface area contributed by atoms with E-state index in [0.717, 1.165) is 39.0 Å². The minimum absolute atomic E-state index is 0.0747. The molecular formula is C51H59NO7Si. The van der Waals surface area contributed by atoms with Crippen LogP contribution >= 0.6 is 0 Å². The quantitative estimate of drug-likeness (QED) is 0.0382. The molecule has 1 aliphatic carbocycles. The van der Waals surface area contributed by atoms with Crippen molar-refractivity contribution in [2.75, 3.05) is 19.8 Å². The van der Waals surface area contributed by atoms with E-state index in [1.54, 1.807) is 0 Å². The first-order valence-electron chi connectivity index (χ1n) is 21.5. The van der Waals surface area contributed by atoms with Crippen LogP contribution in [0.3, 0.4) is 0 Å². The fraction of sp³-hybridized carbons (Fsp3) is 0.392. The Morgan fingerprint density at radius 2 is 1.43 bits per heavy atom. The summed E-state index contributed by atoms with van der Waals surface area (Å²) < 4.78 is 14.3. The molecule has 2 heterocycles. The number of carboxylic acid groups (broad SMARTS) is 1. The van der Waals surface area contributed by atoms with Gasteiger partial charge in [0.05, 0.1) is 31.2 Å². The number of hydrogen-bond acceptors (Lipinski definition) is 6. The van der Waals surface area contributed by atoms with E-state index in [1.165, 1.54) is 15.3 Å². The molecule has 4 aromatic carbocycles. The zero-order chi connectivity index (χ0) is 42.6. The molecule has 0 bridgehead atoms. The molecule has 9 heteroatoms. The van der Waals surface area contributed by atoms with Crippen molar-refractivity contribution in [3.05, 3.63) is 137 Å². The van der Waals surface area contributed by atoms with E-state index >= 15 is 0 Å². The number of carboxylic acids is 1. The van der Waals surface area contributed by atoms with Gasteiger partial charge in [0.15, 0.2) is 0 Å². The third kappa shape index (κ3) is 8.71. The van der Waals surface area contributed by atoms with Gasteiger partial charge < -0.3 is 19.4 Å². The number of phenolic OH excluding ortho intramolecular Hbond substituents is 1. The normalized spacial score (nSPS) is 20.8. The van der Waals surface area contributed by atoms with Gasteiger partial charge in [-0.2, -0.15) is 0 Å². The smallest absolute Gasteiger partial charge is 0.303 e. The van der Waals surface area contributed by atoms with Gasteiger partial charge in [0.1, 0.15) is 5.75 Å². The molecule has 2 fully saturated rings. The first-order chi connectivity index (χ1) is 28.8. The van der Waals surface area contributed by atoms with Gasteiger partial charge in [-0.15, -0.1) is 0 Å². The van der Waals surface area contributed by atoms with Crippen LogP contribution in [-0.4, -0.2) is 67.1 Å². The van der Waals surface area contributed by atoms with Crippen molar-refractivity contribution in [2.45, 2.75) is 90.7 Å². The van der Waals surface area contributed by atoms with Crippen molar-refractivity contribution in [2.24, 2.45) is 17.8 Å². The standard InChI is InChI=1S/C51H59NO7Si/c1-34-28-36(29-35(2)48(34)55)30-38(37-18-10-6-11-19-37)25-26-44-46-39(32-59-60(51(3,4)5,40-20-12-7-13-21-40)41-22-14-8-15-23-41)31-42-47(43(46)33-58-44)50(57)52(49(42)56)27-17-9-16-24-45(53)54/h6-8,10-15,18-23,28-30,42-44,47,55H,9,16-17,24-27,31-33H2,1-5H3,(H,53,54)/b38-30-/t42-,43+,44-,47-/m1/s1. The summed E-state index contributed by atoms with van der Waals surface area (Å²) in [5.74, 6) is -2.04. The molecule has 0 spiro atoms. The number of phenols is 1. The molecule has 2 N–H and O–H groups in total. The van der Waals surface area contributed by atoms with Crippen molar-refractivity contribution in [1.29, 1.82) is 0 Å². The Morgan fingerprint density at radius 1 is 0.833 bits per heavy atom. The predicted octanol–water partition coefficient (Wildman–Crippen LogP) is 8.87. The van der Waals surface area contributed by atoms with Gasteiger partial charge in [-0.3, -0.25) is 19.3 Å². The van der Waals surface area contributed by atoms with E-state index in [9.17, 15) is 19.5 Å². The highest BCUT2D eigenvalue weighted by Crippen LogP contribution is 2.51. The van der Waals surface area contributed by atoms with Gasteiger partial charge in [0.2, 0.25) is 11.8 Å². The fourth-order valence-corrected chi connectivity index (χ4v) is 14.6. The molecule has 60 heavy (non-hydrogen) atoms. The second-order valence-corrected chi connectivity index (χ2v) is 22.2. The summed E-state index contributed by atoms with van der Waals surface area (Å²) in [7, 11) is -2.95. The number of allylic oxidation sites excluding steroid dienone is 1. The maximum absolute atomic E-state index is 14.3. The van der Waals surface area contributed by atoms with Crippen LogP contribution < -0.4 is 10.4 Å². The van der Waals surface area contributed by atoms with Crippen molar-refractivity contribution < 1.29 is 33.8 Å². The zero-order valence-electron chi connectivity index (χ0n) is 35.7. The van der Waals surface area contributed by atoms with E-state index in [4.69, 9.17) is 14.3 Å². The van der Waals surface area contributed by atoms with Crippen molar-refractivity contribution in [1.82, 2.24) is 4.90 Å². The fourth-order valence-electron chi connectivity index (χ4n) is 10.1. The van der Waals surface area contributed by atoms with Crippen LogP contribution in [0.1, 0.15) is 88.0 Å². The Morgan fingerprint density at radius 3 is 2.02 bits per heavy atom. The number of carbonyl (C=O) groups is 3. The van der Waals surface area contributed by atoms with Gasteiger partial charge in [-0.05, 0) is 112 Å². The van der Waals surface area contributed by atoms with Crippen LogP contribution in [0, 0.1) is 31.6 Å². The number of benzene rings is 4. The molecule has 314 valence electrons. The first-order valence-corrected chi connectivity index (χ1v) is 23.4. The number of likely N-dealkylation sites (tertiary alicyclic amines) is 1. The summed E-state index contributed by atoms with van der Waals surface area (Å²) in [6.45, 7) is 11.6. The Balaban J connectivity index is 1.25. The van der Waals surface area contributed by atoms with Crippen LogP contribution in [0.2, 0.25) is 5.04 Å². The lowest BCUT2D eigenvalue weighted by molar-refractivity contribution is -0.141. The summed E-state index contributed by atoms with van der Waals surface area (Å²) in [6.07, 6.45) is 5.55. The third-order valence-electron chi connectivity index (χ3n) is 12.9. The minimum Gasteiger partial charge on any atom is -0.507 e. The van der Waals surface area contributed by atoms with E-state index in [1.807, 2.05) is 56.3 Å². The first kappa shape index (κ1) is 43.0. The average Bonchev–Trinajstić information content (AvgIpc) is 3.76. The van der Waals surface area contributed by atoms with Gasteiger partial charge in [-0.25, -0.2) is 0 Å². The number of fused-ring (bicyclic) bond motifs is 3. The number of hydrogen-bond donors (Lipinski definition) is 2. The molecule has 7 rings (SSSR count). The number of nitrogens with zero attached hydrogens (tertiary/aromatic N) is 1. The molecule has 2 aliphatic heterocycles. The van der Waals surface area contributed by atoms with Crippen LogP contribution in [0.4, 0.5) is 0 Å². The second-order valence-electron chi connectivity index (χ2n) is 17.9. The third-order valence-corrected chi connectivity index (χ3v) is 17.9. The van der Waals surface area contributed by atoms with Gasteiger partial charge >= 0.3 is 5.97 Å². The predicted molar refractivity (Wildman–Crippen MR) is 239 cm³/mol. The van der Waals surface area contributed by atoms with Crippen LogP contribution in [-0.2, 0) is 23.5 Å². The van der Waals surface area contributed by atoms with Crippen LogP contribution in [0.15, 0.2) is 114 Å². The molecular weight excluding hydrogens is 767 g/mol. The monoisotopic (exact) mass is 825 g/mol. The number of rotatable bonds is 16. The van der Waals surface area contributed by atoms with Crippen molar-refractivity contribution in [3.63, 3.8) is 0 Å².